The number of aryl methyl sites for hydroxylation is 1. The van der Waals surface area contributed by atoms with Gasteiger partial charge in [-0.2, -0.15) is 4.31 Å². The molecule has 0 saturated carbocycles. The Morgan fingerprint density at radius 1 is 1.08 bits per heavy atom. The molecule has 25 heavy (non-hydrogen) atoms. The molecule has 5 nitrogen and oxygen atoms in total. The monoisotopic (exact) mass is 358 g/mol. The van der Waals surface area contributed by atoms with Gasteiger partial charge in [-0.25, -0.2) is 8.42 Å². The second kappa shape index (κ2) is 7.37. The van der Waals surface area contributed by atoms with E-state index in [1.54, 1.807) is 19.1 Å². The number of rotatable bonds is 5. The van der Waals surface area contributed by atoms with Crippen molar-refractivity contribution in [2.75, 3.05) is 13.1 Å². The summed E-state index contributed by atoms with van der Waals surface area (Å²) in [6, 6.07) is 14.4. The average molecular weight is 358 g/mol. The lowest BCUT2D eigenvalue weighted by Gasteiger charge is -2.17. The van der Waals surface area contributed by atoms with E-state index in [-0.39, 0.29) is 10.8 Å². The first-order valence-corrected chi connectivity index (χ1v) is 9.85. The SMILES string of the molecule is Cc1ccc(C(=O)NCc2ccccc2)cc1S(=O)(=O)N1CCCC1. The molecule has 132 valence electrons. The smallest absolute Gasteiger partial charge is 0.251 e. The number of carbonyl (C=O) groups excluding carboxylic acids is 1. The number of nitrogens with one attached hydrogen (secondary N) is 1. The van der Waals surface area contributed by atoms with Crippen molar-refractivity contribution < 1.29 is 13.2 Å². The molecule has 0 atom stereocenters. The van der Waals surface area contributed by atoms with Crippen LogP contribution < -0.4 is 5.32 Å². The summed E-state index contributed by atoms with van der Waals surface area (Å²) < 4.78 is 27.1. The van der Waals surface area contributed by atoms with Crippen LogP contribution in [0.1, 0.15) is 34.3 Å². The van der Waals surface area contributed by atoms with Crippen LogP contribution in [0, 0.1) is 6.92 Å². The fourth-order valence-corrected chi connectivity index (χ4v) is 4.73. The normalized spacial score (nSPS) is 15.2. The first-order chi connectivity index (χ1) is 12.0. The van der Waals surface area contributed by atoms with Crippen molar-refractivity contribution in [2.24, 2.45) is 0 Å². The first kappa shape index (κ1) is 17.6. The number of carbonyl (C=O) groups is 1. The highest BCUT2D eigenvalue weighted by Crippen LogP contribution is 2.24. The summed E-state index contributed by atoms with van der Waals surface area (Å²) in [7, 11) is -3.54. The van der Waals surface area contributed by atoms with Gasteiger partial charge >= 0.3 is 0 Å². The molecule has 0 aliphatic carbocycles. The molecule has 0 spiro atoms. The summed E-state index contributed by atoms with van der Waals surface area (Å²) in [6.45, 7) is 3.26. The van der Waals surface area contributed by atoms with Crippen molar-refractivity contribution in [3.63, 3.8) is 0 Å². The van der Waals surface area contributed by atoms with Crippen LogP contribution in [0.2, 0.25) is 0 Å². The Kier molecular flexibility index (Phi) is 5.20. The number of benzene rings is 2. The highest BCUT2D eigenvalue weighted by atomic mass is 32.2. The summed E-state index contributed by atoms with van der Waals surface area (Å²) in [5.74, 6) is -0.276. The number of nitrogens with zero attached hydrogens (tertiary/aromatic N) is 1. The van der Waals surface area contributed by atoms with E-state index in [4.69, 9.17) is 0 Å². The van der Waals surface area contributed by atoms with E-state index < -0.39 is 10.0 Å². The van der Waals surface area contributed by atoms with Crippen molar-refractivity contribution >= 4 is 15.9 Å². The van der Waals surface area contributed by atoms with Crippen LogP contribution >= 0.6 is 0 Å². The molecule has 0 radical (unpaired) electrons. The van der Waals surface area contributed by atoms with E-state index in [1.165, 1.54) is 10.4 Å². The quantitative estimate of drug-likeness (QED) is 0.894. The lowest BCUT2D eigenvalue weighted by Crippen LogP contribution is -2.29. The van der Waals surface area contributed by atoms with Crippen molar-refractivity contribution in [1.29, 1.82) is 0 Å². The third-order valence-corrected chi connectivity index (χ3v) is 6.47. The van der Waals surface area contributed by atoms with Crippen LogP contribution in [0.5, 0.6) is 0 Å². The number of hydrogen-bond donors (Lipinski definition) is 1. The largest absolute Gasteiger partial charge is 0.348 e. The lowest BCUT2D eigenvalue weighted by molar-refractivity contribution is 0.0950. The number of sulfonamides is 1. The molecule has 1 saturated heterocycles. The average Bonchev–Trinajstić information content (AvgIpc) is 3.16. The maximum atomic E-state index is 12.8. The van der Waals surface area contributed by atoms with Gasteiger partial charge in [-0.1, -0.05) is 36.4 Å². The third kappa shape index (κ3) is 3.91. The Hall–Kier alpha value is -2.18. The van der Waals surface area contributed by atoms with Gasteiger partial charge in [-0.05, 0) is 43.0 Å². The van der Waals surface area contributed by atoms with Crippen LogP contribution in [0.3, 0.4) is 0 Å². The zero-order chi connectivity index (χ0) is 17.9. The lowest BCUT2D eigenvalue weighted by atomic mass is 10.1. The van der Waals surface area contributed by atoms with Gasteiger partial charge in [0.1, 0.15) is 0 Å². The van der Waals surface area contributed by atoms with Crippen molar-refractivity contribution in [1.82, 2.24) is 9.62 Å². The highest BCUT2D eigenvalue weighted by Gasteiger charge is 2.29. The Labute approximate surface area is 148 Å². The molecule has 6 heteroatoms. The third-order valence-electron chi connectivity index (χ3n) is 4.43. The molecular weight excluding hydrogens is 336 g/mol. The second-order valence-electron chi connectivity index (χ2n) is 6.26. The van der Waals surface area contributed by atoms with Crippen LogP contribution in [0.25, 0.3) is 0 Å². The first-order valence-electron chi connectivity index (χ1n) is 8.41. The predicted molar refractivity (Wildman–Crippen MR) is 96.8 cm³/mol. The van der Waals surface area contributed by atoms with Gasteiger partial charge in [0.15, 0.2) is 0 Å². The van der Waals surface area contributed by atoms with Crippen molar-refractivity contribution in [3.8, 4) is 0 Å². The highest BCUT2D eigenvalue weighted by molar-refractivity contribution is 7.89. The van der Waals surface area contributed by atoms with Gasteiger partial charge < -0.3 is 5.32 Å². The van der Waals surface area contributed by atoms with Crippen LogP contribution in [0.15, 0.2) is 53.4 Å². The minimum atomic E-state index is -3.54. The minimum Gasteiger partial charge on any atom is -0.348 e. The summed E-state index contributed by atoms with van der Waals surface area (Å²) in [5, 5.41) is 2.84. The molecule has 0 bridgehead atoms. The fourth-order valence-electron chi connectivity index (χ4n) is 2.97. The molecule has 0 aromatic heterocycles. The predicted octanol–water partition coefficient (Wildman–Crippen LogP) is 2.71. The molecule has 2 aromatic rings. The molecular formula is C19H22N2O3S. The molecule has 1 amide bonds. The molecule has 1 N–H and O–H groups in total. The summed E-state index contributed by atoms with van der Waals surface area (Å²) >= 11 is 0. The van der Waals surface area contributed by atoms with E-state index in [2.05, 4.69) is 5.32 Å². The molecule has 1 aliphatic heterocycles. The zero-order valence-corrected chi connectivity index (χ0v) is 15.1. The van der Waals surface area contributed by atoms with Gasteiger partial charge in [0.25, 0.3) is 5.91 Å². The summed E-state index contributed by atoms with van der Waals surface area (Å²) in [4.78, 5) is 12.6. The second-order valence-corrected chi connectivity index (χ2v) is 8.17. The van der Waals surface area contributed by atoms with E-state index in [0.717, 1.165) is 18.4 Å². The van der Waals surface area contributed by atoms with Gasteiger partial charge in [0.05, 0.1) is 4.90 Å². The Morgan fingerprint density at radius 3 is 2.44 bits per heavy atom. The van der Waals surface area contributed by atoms with E-state index in [9.17, 15) is 13.2 Å². The molecule has 1 heterocycles. The topological polar surface area (TPSA) is 66.5 Å². The zero-order valence-electron chi connectivity index (χ0n) is 14.2. The Bertz CT molecular complexity index is 857. The van der Waals surface area contributed by atoms with Crippen molar-refractivity contribution in [2.45, 2.75) is 31.2 Å². The van der Waals surface area contributed by atoms with Crippen molar-refractivity contribution in [3.05, 3.63) is 65.2 Å². The number of amides is 1. The molecule has 1 fully saturated rings. The van der Waals surface area contributed by atoms with Crippen LogP contribution in [-0.2, 0) is 16.6 Å². The fraction of sp³-hybridized carbons (Fsp3) is 0.316. The molecule has 1 aliphatic rings. The summed E-state index contributed by atoms with van der Waals surface area (Å²) in [5.41, 5.74) is 2.01. The molecule has 2 aromatic carbocycles. The minimum absolute atomic E-state index is 0.224. The van der Waals surface area contributed by atoms with Gasteiger partial charge in [0, 0.05) is 25.2 Å². The Morgan fingerprint density at radius 2 is 1.76 bits per heavy atom. The van der Waals surface area contributed by atoms with E-state index >= 15 is 0 Å². The van der Waals surface area contributed by atoms with E-state index in [0.29, 0.717) is 30.8 Å². The number of hydrogen-bond acceptors (Lipinski definition) is 3. The van der Waals surface area contributed by atoms with E-state index in [1.807, 2.05) is 30.3 Å². The van der Waals surface area contributed by atoms with Crippen LogP contribution in [0.4, 0.5) is 0 Å². The van der Waals surface area contributed by atoms with Crippen LogP contribution in [-0.4, -0.2) is 31.7 Å². The maximum absolute atomic E-state index is 12.8. The maximum Gasteiger partial charge on any atom is 0.251 e. The van der Waals surface area contributed by atoms with Gasteiger partial charge in [-0.15, -0.1) is 0 Å². The van der Waals surface area contributed by atoms with Gasteiger partial charge in [0.2, 0.25) is 10.0 Å². The Balaban J connectivity index is 1.80. The standard InChI is InChI=1S/C19H22N2O3S/c1-15-9-10-17(19(22)20-14-16-7-3-2-4-8-16)13-18(15)25(23,24)21-11-5-6-12-21/h2-4,7-10,13H,5-6,11-12,14H2,1H3,(H,20,22). The molecule has 0 unspecified atom stereocenters. The summed E-state index contributed by atoms with van der Waals surface area (Å²) in [6.07, 6.45) is 1.77. The van der Waals surface area contributed by atoms with Gasteiger partial charge in [-0.3, -0.25) is 4.79 Å². The molecule has 3 rings (SSSR count).